The van der Waals surface area contributed by atoms with E-state index >= 15 is 0 Å². The zero-order valence-electron chi connectivity index (χ0n) is 17.8. The summed E-state index contributed by atoms with van der Waals surface area (Å²) in [4.78, 5) is 26.5. The lowest BCUT2D eigenvalue weighted by molar-refractivity contribution is -0.117. The lowest BCUT2D eigenvalue weighted by Gasteiger charge is -2.38. The molecule has 2 aromatic heterocycles. The highest BCUT2D eigenvalue weighted by Crippen LogP contribution is 2.24. The number of nitrogens with zero attached hydrogens (tertiary/aromatic N) is 3. The van der Waals surface area contributed by atoms with Crippen molar-refractivity contribution in [2.24, 2.45) is 0 Å². The topological polar surface area (TPSA) is 85.9 Å². The Labute approximate surface area is 178 Å². The Morgan fingerprint density at radius 2 is 2.23 bits per heavy atom. The summed E-state index contributed by atoms with van der Waals surface area (Å²) in [7, 11) is 0. The SMILES string of the molecule is C#CCCCCCNC(=O)C(=C)CN1C[C@@H](Nc2ncnc3[nH]ccc23)CC[C@@H]1C. The molecular weight excluding hydrogens is 376 g/mol. The predicted octanol–water partition coefficient (Wildman–Crippen LogP) is 3.09. The van der Waals surface area contributed by atoms with E-state index in [1.165, 1.54) is 0 Å². The van der Waals surface area contributed by atoms with Crippen LogP contribution >= 0.6 is 0 Å². The Bertz CT molecular complexity index is 898. The average molecular weight is 409 g/mol. The van der Waals surface area contributed by atoms with Crippen molar-refractivity contribution in [1.29, 1.82) is 0 Å². The molecule has 3 heterocycles. The first-order valence-electron chi connectivity index (χ1n) is 10.8. The highest BCUT2D eigenvalue weighted by Gasteiger charge is 2.27. The van der Waals surface area contributed by atoms with Gasteiger partial charge in [-0.15, -0.1) is 12.3 Å². The monoisotopic (exact) mass is 408 g/mol. The van der Waals surface area contributed by atoms with Crippen LogP contribution in [0.3, 0.4) is 0 Å². The number of fused-ring (bicyclic) bond motifs is 1. The zero-order valence-corrected chi connectivity index (χ0v) is 17.8. The van der Waals surface area contributed by atoms with Gasteiger partial charge in [0.1, 0.15) is 17.8 Å². The molecule has 1 aliphatic heterocycles. The van der Waals surface area contributed by atoms with Crippen LogP contribution in [0.1, 0.15) is 45.4 Å². The first-order valence-corrected chi connectivity index (χ1v) is 10.8. The van der Waals surface area contributed by atoms with E-state index in [0.29, 0.717) is 24.7 Å². The van der Waals surface area contributed by atoms with Crippen molar-refractivity contribution >= 4 is 22.8 Å². The number of hydrogen-bond acceptors (Lipinski definition) is 5. The number of likely N-dealkylation sites (tertiary alicyclic amines) is 1. The lowest BCUT2D eigenvalue weighted by Crippen LogP contribution is -2.48. The van der Waals surface area contributed by atoms with Gasteiger partial charge in [-0.3, -0.25) is 9.69 Å². The van der Waals surface area contributed by atoms with Gasteiger partial charge in [0.2, 0.25) is 5.91 Å². The van der Waals surface area contributed by atoms with E-state index in [0.717, 1.165) is 61.9 Å². The number of nitrogens with one attached hydrogen (secondary N) is 3. The highest BCUT2D eigenvalue weighted by molar-refractivity contribution is 5.93. The van der Waals surface area contributed by atoms with Gasteiger partial charge in [-0.05, 0) is 38.7 Å². The Morgan fingerprint density at radius 1 is 1.37 bits per heavy atom. The maximum absolute atomic E-state index is 12.4. The van der Waals surface area contributed by atoms with Gasteiger partial charge >= 0.3 is 0 Å². The number of rotatable bonds is 10. The molecule has 160 valence electrons. The minimum Gasteiger partial charge on any atom is -0.365 e. The number of aromatic amines is 1. The van der Waals surface area contributed by atoms with Gasteiger partial charge in [0, 0.05) is 49.9 Å². The maximum Gasteiger partial charge on any atom is 0.247 e. The van der Waals surface area contributed by atoms with Crippen molar-refractivity contribution in [2.75, 3.05) is 25.0 Å². The summed E-state index contributed by atoms with van der Waals surface area (Å²) in [5.74, 6) is 3.43. The Hall–Kier alpha value is -2.85. The molecule has 0 aromatic carbocycles. The average Bonchev–Trinajstić information content (AvgIpc) is 3.22. The Morgan fingerprint density at radius 3 is 3.07 bits per heavy atom. The fraction of sp³-hybridized carbons (Fsp3) is 0.522. The third-order valence-electron chi connectivity index (χ3n) is 5.70. The number of carbonyl (C=O) groups excluding carboxylic acids is 1. The highest BCUT2D eigenvalue weighted by atomic mass is 16.1. The zero-order chi connectivity index (χ0) is 21.3. The normalized spacial score (nSPS) is 19.3. The molecule has 7 nitrogen and oxygen atoms in total. The second-order valence-electron chi connectivity index (χ2n) is 8.03. The minimum atomic E-state index is -0.0564. The van der Waals surface area contributed by atoms with Gasteiger partial charge in [0.05, 0.1) is 5.39 Å². The van der Waals surface area contributed by atoms with Crippen LogP contribution in [0, 0.1) is 12.3 Å². The first kappa shape index (κ1) is 21.8. The van der Waals surface area contributed by atoms with Crippen molar-refractivity contribution in [3.8, 4) is 12.3 Å². The van der Waals surface area contributed by atoms with Crippen LogP contribution < -0.4 is 10.6 Å². The summed E-state index contributed by atoms with van der Waals surface area (Å²) in [5.41, 5.74) is 1.44. The van der Waals surface area contributed by atoms with Gasteiger partial charge in [-0.1, -0.05) is 13.0 Å². The van der Waals surface area contributed by atoms with Crippen molar-refractivity contribution in [3.63, 3.8) is 0 Å². The van der Waals surface area contributed by atoms with Crippen molar-refractivity contribution in [3.05, 3.63) is 30.7 Å². The summed E-state index contributed by atoms with van der Waals surface area (Å²) >= 11 is 0. The number of amides is 1. The summed E-state index contributed by atoms with van der Waals surface area (Å²) < 4.78 is 0. The Kier molecular flexibility index (Phi) is 7.86. The van der Waals surface area contributed by atoms with Gasteiger partial charge in [0.25, 0.3) is 0 Å². The molecule has 0 spiro atoms. The van der Waals surface area contributed by atoms with Gasteiger partial charge in [0.15, 0.2) is 0 Å². The minimum absolute atomic E-state index is 0.0564. The second kappa shape index (κ2) is 10.8. The third-order valence-corrected chi connectivity index (χ3v) is 5.70. The first-order chi connectivity index (χ1) is 14.6. The van der Waals surface area contributed by atoms with Crippen LogP contribution in [0.5, 0.6) is 0 Å². The standard InChI is InChI=1S/C23H32N6O/c1-4-5-6-7-8-12-25-23(30)17(2)14-29-15-19(10-9-18(29)3)28-22-20-11-13-24-21(20)26-16-27-22/h1,11,13,16,18-19H,2,5-10,12,14-15H2,3H3,(H,25,30)(H2,24,26,27,28)/t18-,19-/m0/s1. The number of carbonyl (C=O) groups is 1. The molecular formula is C23H32N6O. The molecule has 3 rings (SSSR count). The van der Waals surface area contributed by atoms with Crippen molar-refractivity contribution < 1.29 is 4.79 Å². The molecule has 1 aliphatic rings. The number of terminal acetylenes is 1. The number of anilines is 1. The van der Waals surface area contributed by atoms with E-state index in [9.17, 15) is 4.79 Å². The van der Waals surface area contributed by atoms with Crippen LogP contribution in [0.25, 0.3) is 11.0 Å². The molecule has 0 unspecified atom stereocenters. The lowest BCUT2D eigenvalue weighted by atomic mass is 9.98. The van der Waals surface area contributed by atoms with Crippen molar-refractivity contribution in [1.82, 2.24) is 25.2 Å². The van der Waals surface area contributed by atoms with Crippen LogP contribution in [-0.4, -0.2) is 57.5 Å². The van der Waals surface area contributed by atoms with E-state index in [4.69, 9.17) is 6.42 Å². The molecule has 1 amide bonds. The maximum atomic E-state index is 12.4. The van der Waals surface area contributed by atoms with Crippen LogP contribution in [0.2, 0.25) is 0 Å². The van der Waals surface area contributed by atoms with Gasteiger partial charge < -0.3 is 15.6 Å². The molecule has 0 radical (unpaired) electrons. The smallest absolute Gasteiger partial charge is 0.247 e. The molecule has 30 heavy (non-hydrogen) atoms. The number of unbranched alkanes of at least 4 members (excludes halogenated alkanes) is 3. The molecule has 1 fully saturated rings. The van der Waals surface area contributed by atoms with Gasteiger partial charge in [-0.25, -0.2) is 9.97 Å². The van der Waals surface area contributed by atoms with Crippen LogP contribution in [-0.2, 0) is 4.79 Å². The number of H-pyrrole nitrogens is 1. The largest absolute Gasteiger partial charge is 0.365 e. The molecule has 1 saturated heterocycles. The number of piperidine rings is 1. The molecule has 0 bridgehead atoms. The summed E-state index contributed by atoms with van der Waals surface area (Å²) in [6, 6.07) is 2.66. The van der Waals surface area contributed by atoms with E-state index < -0.39 is 0 Å². The van der Waals surface area contributed by atoms with E-state index in [-0.39, 0.29) is 11.9 Å². The molecule has 0 aliphatic carbocycles. The fourth-order valence-corrected chi connectivity index (χ4v) is 3.87. The quantitative estimate of drug-likeness (QED) is 0.320. The van der Waals surface area contributed by atoms with Crippen LogP contribution in [0.4, 0.5) is 5.82 Å². The molecule has 7 heteroatoms. The molecule has 0 saturated carbocycles. The van der Waals surface area contributed by atoms with E-state index in [2.05, 4.69) is 49.9 Å². The predicted molar refractivity (Wildman–Crippen MR) is 121 cm³/mol. The second-order valence-corrected chi connectivity index (χ2v) is 8.03. The number of aromatic nitrogens is 3. The number of hydrogen-bond donors (Lipinski definition) is 3. The third kappa shape index (κ3) is 5.83. The summed E-state index contributed by atoms with van der Waals surface area (Å²) in [6.45, 7) is 8.33. The van der Waals surface area contributed by atoms with Gasteiger partial charge in [-0.2, -0.15) is 0 Å². The fourth-order valence-electron chi connectivity index (χ4n) is 3.87. The molecule has 3 N–H and O–H groups in total. The summed E-state index contributed by atoms with van der Waals surface area (Å²) in [6.07, 6.45) is 14.6. The Balaban J connectivity index is 1.48. The van der Waals surface area contributed by atoms with E-state index in [1.807, 2.05) is 12.3 Å². The summed E-state index contributed by atoms with van der Waals surface area (Å²) in [5, 5.41) is 7.54. The van der Waals surface area contributed by atoms with Crippen molar-refractivity contribution in [2.45, 2.75) is 57.5 Å². The van der Waals surface area contributed by atoms with E-state index in [1.54, 1.807) is 6.33 Å². The molecule has 2 atom stereocenters. The van der Waals surface area contributed by atoms with Crippen LogP contribution in [0.15, 0.2) is 30.7 Å². The molecule has 2 aromatic rings.